The summed E-state index contributed by atoms with van der Waals surface area (Å²) < 4.78 is 5.70. The third kappa shape index (κ3) is 3.45. The highest BCUT2D eigenvalue weighted by molar-refractivity contribution is 5.86. The van der Waals surface area contributed by atoms with Crippen molar-refractivity contribution in [3.8, 4) is 5.75 Å². The molecule has 6 nitrogen and oxygen atoms in total. The molecule has 0 spiro atoms. The number of carbonyl (C=O) groups excluding carboxylic acids is 1. The highest BCUT2D eigenvalue weighted by Gasteiger charge is 2.32. The van der Waals surface area contributed by atoms with Crippen molar-refractivity contribution in [2.24, 2.45) is 0 Å². The fourth-order valence-corrected chi connectivity index (χ4v) is 2.25. The van der Waals surface area contributed by atoms with Gasteiger partial charge in [-0.05, 0) is 25.5 Å². The molecule has 0 bridgehead atoms. The lowest BCUT2D eigenvalue weighted by atomic mass is 10.1. The average Bonchev–Trinajstić information content (AvgIpc) is 2.50. The smallest absolute Gasteiger partial charge is 0.323 e. The van der Waals surface area contributed by atoms with Crippen LogP contribution in [0.3, 0.4) is 0 Å². The zero-order chi connectivity index (χ0) is 15.4. The first-order valence-corrected chi connectivity index (χ1v) is 7.04. The van der Waals surface area contributed by atoms with E-state index in [1.54, 1.807) is 6.07 Å². The second-order valence-electron chi connectivity index (χ2n) is 5.10. The maximum Gasteiger partial charge on any atom is 0.323 e. The summed E-state index contributed by atoms with van der Waals surface area (Å²) in [5, 5.41) is 12.1. The standard InChI is InChI=1S/C15H20N2O4/c1-3-10(2)17(9-14(18)19)15(20)13-8-16-11-6-4-5-7-12(11)21-13/h4-7,10,13,16H,3,8-9H2,1-2H3,(H,18,19). The number of carbonyl (C=O) groups is 2. The molecule has 1 aromatic rings. The number of ether oxygens (including phenoxy) is 1. The van der Waals surface area contributed by atoms with Crippen molar-refractivity contribution >= 4 is 17.6 Å². The van der Waals surface area contributed by atoms with Gasteiger partial charge in [0, 0.05) is 6.04 Å². The molecule has 21 heavy (non-hydrogen) atoms. The van der Waals surface area contributed by atoms with E-state index in [-0.39, 0.29) is 18.5 Å². The Balaban J connectivity index is 2.13. The van der Waals surface area contributed by atoms with E-state index in [2.05, 4.69) is 5.32 Å². The number of nitrogens with one attached hydrogen (secondary N) is 1. The highest BCUT2D eigenvalue weighted by Crippen LogP contribution is 2.28. The zero-order valence-corrected chi connectivity index (χ0v) is 12.2. The number of rotatable bonds is 5. The lowest BCUT2D eigenvalue weighted by Gasteiger charge is -2.33. The van der Waals surface area contributed by atoms with E-state index in [0.29, 0.717) is 18.7 Å². The summed E-state index contributed by atoms with van der Waals surface area (Å²) in [6, 6.07) is 7.23. The minimum absolute atomic E-state index is 0.144. The van der Waals surface area contributed by atoms with Gasteiger partial charge >= 0.3 is 5.97 Å². The van der Waals surface area contributed by atoms with Gasteiger partial charge in [-0.25, -0.2) is 0 Å². The van der Waals surface area contributed by atoms with Crippen LogP contribution in [0.25, 0.3) is 0 Å². The fourth-order valence-electron chi connectivity index (χ4n) is 2.25. The number of carboxylic acids is 1. The normalized spacial score (nSPS) is 17.9. The topological polar surface area (TPSA) is 78.9 Å². The molecule has 0 saturated heterocycles. The van der Waals surface area contributed by atoms with E-state index in [1.165, 1.54) is 4.90 Å². The number of hydrogen-bond acceptors (Lipinski definition) is 4. The molecule has 2 N–H and O–H groups in total. The molecule has 0 fully saturated rings. The van der Waals surface area contributed by atoms with Crippen LogP contribution in [0.2, 0.25) is 0 Å². The van der Waals surface area contributed by atoms with E-state index in [1.807, 2.05) is 32.0 Å². The van der Waals surface area contributed by atoms with Gasteiger partial charge in [-0.3, -0.25) is 9.59 Å². The molecule has 1 aromatic carbocycles. The molecule has 114 valence electrons. The molecule has 0 aromatic heterocycles. The number of benzene rings is 1. The van der Waals surface area contributed by atoms with Crippen molar-refractivity contribution in [3.63, 3.8) is 0 Å². The average molecular weight is 292 g/mol. The van der Waals surface area contributed by atoms with Crippen LogP contribution < -0.4 is 10.1 Å². The third-order valence-electron chi connectivity index (χ3n) is 3.62. The lowest BCUT2D eigenvalue weighted by molar-refractivity contribution is -0.149. The summed E-state index contributed by atoms with van der Waals surface area (Å²) in [4.78, 5) is 24.9. The number of amides is 1. The van der Waals surface area contributed by atoms with E-state index in [0.717, 1.165) is 5.69 Å². The number of fused-ring (bicyclic) bond motifs is 1. The van der Waals surface area contributed by atoms with E-state index in [9.17, 15) is 9.59 Å². The maximum absolute atomic E-state index is 12.5. The summed E-state index contributed by atoms with van der Waals surface area (Å²) in [5.74, 6) is -0.705. The Bertz CT molecular complexity index is 532. The lowest BCUT2D eigenvalue weighted by Crippen LogP contribution is -2.51. The first-order valence-electron chi connectivity index (χ1n) is 7.04. The number of nitrogens with zero attached hydrogens (tertiary/aromatic N) is 1. The molecule has 0 saturated carbocycles. The summed E-state index contributed by atoms with van der Waals surface area (Å²) in [6.45, 7) is 3.78. The summed E-state index contributed by atoms with van der Waals surface area (Å²) in [7, 11) is 0. The quantitative estimate of drug-likeness (QED) is 0.861. The van der Waals surface area contributed by atoms with Crippen molar-refractivity contribution in [2.75, 3.05) is 18.4 Å². The molecule has 2 unspecified atom stereocenters. The summed E-state index contributed by atoms with van der Waals surface area (Å²) in [6.07, 6.45) is -0.0105. The Morgan fingerprint density at radius 2 is 2.19 bits per heavy atom. The maximum atomic E-state index is 12.5. The number of hydrogen-bond donors (Lipinski definition) is 2. The highest BCUT2D eigenvalue weighted by atomic mass is 16.5. The van der Waals surface area contributed by atoms with Crippen molar-refractivity contribution in [1.29, 1.82) is 0 Å². The minimum atomic E-state index is -1.02. The van der Waals surface area contributed by atoms with Crippen LogP contribution in [0.5, 0.6) is 5.75 Å². The molecule has 0 aliphatic carbocycles. The van der Waals surface area contributed by atoms with Crippen molar-refractivity contribution in [1.82, 2.24) is 4.90 Å². The summed E-state index contributed by atoms with van der Waals surface area (Å²) in [5.41, 5.74) is 0.842. The van der Waals surface area contributed by atoms with E-state index < -0.39 is 12.1 Å². The van der Waals surface area contributed by atoms with E-state index in [4.69, 9.17) is 9.84 Å². The predicted molar refractivity (Wildman–Crippen MR) is 78.4 cm³/mol. The fraction of sp³-hybridized carbons (Fsp3) is 0.467. The van der Waals surface area contributed by atoms with Crippen molar-refractivity contribution in [3.05, 3.63) is 24.3 Å². The number of aliphatic carboxylic acids is 1. The second-order valence-corrected chi connectivity index (χ2v) is 5.10. The molecule has 2 atom stereocenters. The Hall–Kier alpha value is -2.24. The number of para-hydroxylation sites is 2. The molecular formula is C15H20N2O4. The minimum Gasteiger partial charge on any atom is -0.480 e. The predicted octanol–water partition coefficient (Wildman–Crippen LogP) is 1.57. The van der Waals surface area contributed by atoms with Gasteiger partial charge in [0.05, 0.1) is 12.2 Å². The monoisotopic (exact) mass is 292 g/mol. The molecule has 0 radical (unpaired) electrons. The number of anilines is 1. The van der Waals surface area contributed by atoms with Gasteiger partial charge in [-0.15, -0.1) is 0 Å². The Morgan fingerprint density at radius 3 is 2.86 bits per heavy atom. The third-order valence-corrected chi connectivity index (χ3v) is 3.62. The Labute approximate surface area is 123 Å². The van der Waals surface area contributed by atoms with Crippen LogP contribution in [0.15, 0.2) is 24.3 Å². The van der Waals surface area contributed by atoms with Crippen LogP contribution in [-0.2, 0) is 9.59 Å². The first-order chi connectivity index (χ1) is 10.0. The second kappa shape index (κ2) is 6.47. The molecule has 2 rings (SSSR count). The van der Waals surface area contributed by atoms with Gasteiger partial charge in [0.15, 0.2) is 6.10 Å². The van der Waals surface area contributed by atoms with Gasteiger partial charge in [-0.2, -0.15) is 0 Å². The molecule has 1 amide bonds. The van der Waals surface area contributed by atoms with Crippen LogP contribution in [0, 0.1) is 0 Å². The van der Waals surface area contributed by atoms with Gasteiger partial charge in [0.25, 0.3) is 5.91 Å². The molecular weight excluding hydrogens is 272 g/mol. The van der Waals surface area contributed by atoms with Gasteiger partial charge in [0.1, 0.15) is 12.3 Å². The Morgan fingerprint density at radius 1 is 1.48 bits per heavy atom. The van der Waals surface area contributed by atoms with Crippen LogP contribution in [-0.4, -0.2) is 47.1 Å². The molecule has 1 aliphatic heterocycles. The Kier molecular flexibility index (Phi) is 4.67. The molecule has 1 aliphatic rings. The van der Waals surface area contributed by atoms with Crippen LogP contribution in [0.1, 0.15) is 20.3 Å². The largest absolute Gasteiger partial charge is 0.480 e. The van der Waals surface area contributed by atoms with Gasteiger partial charge in [0.2, 0.25) is 0 Å². The van der Waals surface area contributed by atoms with E-state index >= 15 is 0 Å². The first kappa shape index (κ1) is 15.2. The molecule has 1 heterocycles. The van der Waals surface area contributed by atoms with Gasteiger partial charge < -0.3 is 20.1 Å². The SMILES string of the molecule is CCC(C)N(CC(=O)O)C(=O)C1CNc2ccccc2O1. The van der Waals surface area contributed by atoms with Crippen molar-refractivity contribution in [2.45, 2.75) is 32.4 Å². The van der Waals surface area contributed by atoms with Crippen molar-refractivity contribution < 1.29 is 19.4 Å². The van der Waals surface area contributed by atoms with Gasteiger partial charge in [-0.1, -0.05) is 19.1 Å². The molecule has 6 heteroatoms. The zero-order valence-electron chi connectivity index (χ0n) is 12.2. The number of carboxylic acid groups (broad SMARTS) is 1. The van der Waals surface area contributed by atoms with Crippen LogP contribution >= 0.6 is 0 Å². The summed E-state index contributed by atoms with van der Waals surface area (Å²) >= 11 is 0. The van der Waals surface area contributed by atoms with Crippen LogP contribution in [0.4, 0.5) is 5.69 Å².